The molecule has 160 valence electrons. The Balaban J connectivity index is 1.15. The van der Waals surface area contributed by atoms with Crippen LogP contribution in [0.4, 0.5) is 5.69 Å². The van der Waals surface area contributed by atoms with Crippen molar-refractivity contribution in [3.05, 3.63) is 60.3 Å². The van der Waals surface area contributed by atoms with Crippen LogP contribution >= 0.6 is 11.8 Å². The van der Waals surface area contributed by atoms with Gasteiger partial charge in [0.25, 0.3) is 0 Å². The van der Waals surface area contributed by atoms with Crippen LogP contribution in [0.15, 0.2) is 59.6 Å². The molecule has 0 aliphatic carbocycles. The minimum Gasteiger partial charge on any atom is -0.361 e. The Hall–Kier alpha value is -2.73. The fourth-order valence-corrected chi connectivity index (χ4v) is 5.80. The molecule has 2 aliphatic heterocycles. The topological polar surface area (TPSA) is 56.4 Å². The molecule has 1 fully saturated rings. The van der Waals surface area contributed by atoms with Crippen molar-refractivity contribution in [3.63, 3.8) is 0 Å². The zero-order valence-electron chi connectivity index (χ0n) is 17.5. The summed E-state index contributed by atoms with van der Waals surface area (Å²) in [6.07, 6.45) is 4.64. The van der Waals surface area contributed by atoms with Crippen molar-refractivity contribution in [2.45, 2.75) is 36.5 Å². The largest absolute Gasteiger partial charge is 0.361 e. The van der Waals surface area contributed by atoms with E-state index in [4.69, 9.17) is 0 Å². The number of amides is 2. The van der Waals surface area contributed by atoms with Gasteiger partial charge in [-0.3, -0.25) is 9.59 Å². The number of nitrogens with zero attached hydrogens (tertiary/aromatic N) is 2. The fraction of sp³-hybridized carbons (Fsp3) is 0.360. The predicted octanol–water partition coefficient (Wildman–Crippen LogP) is 4.79. The zero-order chi connectivity index (χ0) is 21.2. The van der Waals surface area contributed by atoms with Gasteiger partial charge >= 0.3 is 0 Å². The van der Waals surface area contributed by atoms with Gasteiger partial charge in [0.15, 0.2) is 0 Å². The van der Waals surface area contributed by atoms with E-state index in [1.165, 1.54) is 16.5 Å². The number of piperidine rings is 1. The maximum atomic E-state index is 12.8. The highest BCUT2D eigenvalue weighted by Crippen LogP contribution is 2.35. The van der Waals surface area contributed by atoms with E-state index >= 15 is 0 Å². The SMILES string of the molecule is O=C(CCC(=O)N1CCSc2ccccc21)N1CCC(c2c[nH]c3ccccc23)CC1. The van der Waals surface area contributed by atoms with Crippen LogP contribution in [-0.4, -0.2) is 47.1 Å². The molecule has 31 heavy (non-hydrogen) atoms. The molecule has 1 saturated heterocycles. The molecule has 3 heterocycles. The predicted molar refractivity (Wildman–Crippen MR) is 126 cm³/mol. The van der Waals surface area contributed by atoms with Crippen molar-refractivity contribution < 1.29 is 9.59 Å². The summed E-state index contributed by atoms with van der Waals surface area (Å²) in [4.78, 5) is 33.9. The van der Waals surface area contributed by atoms with E-state index in [1.54, 1.807) is 11.8 Å². The number of hydrogen-bond donors (Lipinski definition) is 1. The molecule has 0 spiro atoms. The van der Waals surface area contributed by atoms with Gasteiger partial charge in [0.1, 0.15) is 0 Å². The van der Waals surface area contributed by atoms with E-state index in [9.17, 15) is 9.59 Å². The Morgan fingerprint density at radius 1 is 0.935 bits per heavy atom. The molecule has 5 rings (SSSR count). The van der Waals surface area contributed by atoms with Crippen molar-refractivity contribution in [2.24, 2.45) is 0 Å². The van der Waals surface area contributed by atoms with E-state index in [0.29, 0.717) is 18.9 Å². The summed E-state index contributed by atoms with van der Waals surface area (Å²) in [5, 5.41) is 1.29. The molecular formula is C25H27N3O2S. The van der Waals surface area contributed by atoms with Crippen molar-refractivity contribution in [3.8, 4) is 0 Å². The average Bonchev–Trinajstić information content (AvgIpc) is 3.26. The Labute approximate surface area is 186 Å². The molecule has 2 aliphatic rings. The first-order chi connectivity index (χ1) is 15.2. The molecule has 6 heteroatoms. The minimum absolute atomic E-state index is 0.0507. The first-order valence-electron chi connectivity index (χ1n) is 11.1. The Morgan fingerprint density at radius 2 is 1.68 bits per heavy atom. The van der Waals surface area contributed by atoms with E-state index in [0.717, 1.165) is 42.3 Å². The third-order valence-corrected chi connectivity index (χ3v) is 7.53. The number of rotatable bonds is 4. The molecule has 2 aromatic carbocycles. The molecule has 0 unspecified atom stereocenters. The smallest absolute Gasteiger partial charge is 0.227 e. The van der Waals surface area contributed by atoms with Gasteiger partial charge in [-0.1, -0.05) is 30.3 Å². The molecular weight excluding hydrogens is 406 g/mol. The number of aromatic nitrogens is 1. The summed E-state index contributed by atoms with van der Waals surface area (Å²) >= 11 is 1.79. The van der Waals surface area contributed by atoms with Crippen LogP contribution in [0.2, 0.25) is 0 Å². The number of nitrogens with one attached hydrogen (secondary N) is 1. The summed E-state index contributed by atoms with van der Waals surface area (Å²) in [6.45, 7) is 2.24. The fourth-order valence-electron chi connectivity index (χ4n) is 4.81. The van der Waals surface area contributed by atoms with Gasteiger partial charge in [0, 0.05) is 60.2 Å². The minimum atomic E-state index is 0.0507. The standard InChI is InChI=1S/C25H27N3O2S/c29-24(9-10-25(30)28-15-16-31-23-8-4-3-7-22(23)28)27-13-11-18(12-14-27)20-17-26-21-6-2-1-5-19(20)21/h1-8,17-18,26H,9-16H2. The van der Waals surface area contributed by atoms with Gasteiger partial charge in [0.2, 0.25) is 11.8 Å². The monoisotopic (exact) mass is 433 g/mol. The maximum Gasteiger partial charge on any atom is 0.227 e. The summed E-state index contributed by atoms with van der Waals surface area (Å²) in [7, 11) is 0. The first-order valence-corrected chi connectivity index (χ1v) is 12.1. The van der Waals surface area contributed by atoms with Crippen LogP contribution in [0.3, 0.4) is 0 Å². The molecule has 2 amide bonds. The number of carbonyl (C=O) groups is 2. The Kier molecular flexibility index (Phi) is 5.72. The highest BCUT2D eigenvalue weighted by Gasteiger charge is 2.27. The number of benzene rings is 2. The molecule has 3 aromatic rings. The lowest BCUT2D eigenvalue weighted by atomic mass is 9.89. The maximum absolute atomic E-state index is 12.8. The van der Waals surface area contributed by atoms with E-state index in [-0.39, 0.29) is 18.2 Å². The van der Waals surface area contributed by atoms with Crippen molar-refractivity contribution >= 4 is 40.2 Å². The van der Waals surface area contributed by atoms with E-state index in [2.05, 4.69) is 35.4 Å². The second kappa shape index (κ2) is 8.79. The highest BCUT2D eigenvalue weighted by atomic mass is 32.2. The van der Waals surface area contributed by atoms with Crippen LogP contribution in [-0.2, 0) is 9.59 Å². The van der Waals surface area contributed by atoms with Gasteiger partial charge < -0.3 is 14.8 Å². The van der Waals surface area contributed by atoms with Crippen LogP contribution < -0.4 is 4.90 Å². The highest BCUT2D eigenvalue weighted by molar-refractivity contribution is 7.99. The molecule has 0 atom stereocenters. The number of aromatic amines is 1. The van der Waals surface area contributed by atoms with Gasteiger partial charge in [0.05, 0.1) is 5.69 Å². The van der Waals surface area contributed by atoms with Crippen LogP contribution in [0, 0.1) is 0 Å². The molecule has 5 nitrogen and oxygen atoms in total. The lowest BCUT2D eigenvalue weighted by Crippen LogP contribution is -2.39. The Morgan fingerprint density at radius 3 is 2.55 bits per heavy atom. The number of thioether (sulfide) groups is 1. The lowest BCUT2D eigenvalue weighted by molar-refractivity contribution is -0.134. The average molecular weight is 434 g/mol. The van der Waals surface area contributed by atoms with Crippen molar-refractivity contribution in [2.75, 3.05) is 30.3 Å². The summed E-state index contributed by atoms with van der Waals surface area (Å²) in [5.41, 5.74) is 3.52. The third-order valence-electron chi connectivity index (χ3n) is 6.49. The van der Waals surface area contributed by atoms with Crippen LogP contribution in [0.5, 0.6) is 0 Å². The number of anilines is 1. The molecule has 1 aromatic heterocycles. The zero-order valence-corrected chi connectivity index (χ0v) is 18.4. The normalized spacial score (nSPS) is 17.0. The molecule has 0 saturated carbocycles. The number of fused-ring (bicyclic) bond motifs is 2. The number of H-pyrrole nitrogens is 1. The van der Waals surface area contributed by atoms with Crippen molar-refractivity contribution in [1.82, 2.24) is 9.88 Å². The van der Waals surface area contributed by atoms with E-state index in [1.807, 2.05) is 34.1 Å². The summed E-state index contributed by atoms with van der Waals surface area (Å²) < 4.78 is 0. The van der Waals surface area contributed by atoms with Crippen LogP contribution in [0.1, 0.15) is 37.2 Å². The second-order valence-electron chi connectivity index (χ2n) is 8.31. The number of carbonyl (C=O) groups excluding carboxylic acids is 2. The second-order valence-corrected chi connectivity index (χ2v) is 9.44. The van der Waals surface area contributed by atoms with Gasteiger partial charge in [-0.05, 0) is 42.5 Å². The van der Waals surface area contributed by atoms with Crippen LogP contribution in [0.25, 0.3) is 10.9 Å². The summed E-state index contributed by atoms with van der Waals surface area (Å²) in [6, 6.07) is 16.4. The molecule has 1 N–H and O–H groups in total. The molecule has 0 bridgehead atoms. The number of likely N-dealkylation sites (tertiary alicyclic amines) is 1. The first kappa shape index (κ1) is 20.2. The van der Waals surface area contributed by atoms with Gasteiger partial charge in [-0.2, -0.15) is 0 Å². The van der Waals surface area contributed by atoms with E-state index < -0.39 is 0 Å². The Bertz CT molecular complexity index is 1100. The molecule has 0 radical (unpaired) electrons. The number of hydrogen-bond acceptors (Lipinski definition) is 3. The number of para-hydroxylation sites is 2. The van der Waals surface area contributed by atoms with Gasteiger partial charge in [-0.25, -0.2) is 0 Å². The van der Waals surface area contributed by atoms with Crippen molar-refractivity contribution in [1.29, 1.82) is 0 Å². The lowest BCUT2D eigenvalue weighted by Gasteiger charge is -2.32. The third kappa shape index (κ3) is 4.09. The van der Waals surface area contributed by atoms with Gasteiger partial charge in [-0.15, -0.1) is 11.8 Å². The summed E-state index contributed by atoms with van der Waals surface area (Å²) in [5.74, 6) is 1.53. The quantitative estimate of drug-likeness (QED) is 0.643.